The summed E-state index contributed by atoms with van der Waals surface area (Å²) in [6, 6.07) is 3.26. The van der Waals surface area contributed by atoms with Crippen molar-refractivity contribution < 1.29 is 57.8 Å². The molecule has 3 aromatic heterocycles. The predicted octanol–water partition coefficient (Wildman–Crippen LogP) is 0.344. The minimum Gasteiger partial charge on any atom is -1.00 e. The molecule has 1 N–H and O–H groups in total. The Hall–Kier alpha value is -1.69. The summed E-state index contributed by atoms with van der Waals surface area (Å²) in [5, 5.41) is 0.152. The van der Waals surface area contributed by atoms with Crippen LogP contribution >= 0.6 is 0 Å². The third kappa shape index (κ3) is 5.68. The van der Waals surface area contributed by atoms with E-state index in [1.807, 2.05) is 6.92 Å². The van der Waals surface area contributed by atoms with Crippen LogP contribution in [0.1, 0.15) is 18.2 Å². The number of fused-ring (bicyclic) bond motifs is 1. The molecular weight excluding hydrogens is 420 g/mol. The van der Waals surface area contributed by atoms with Crippen LogP contribution < -0.4 is 39.0 Å². The molecule has 0 aliphatic rings. The molecule has 0 aliphatic heterocycles. The molecule has 0 spiro atoms. The summed E-state index contributed by atoms with van der Waals surface area (Å²) in [5.41, 5.74) is 2.35. The standard InChI is InChI=1S/C17H17F3N4O3S.Na.H/c1-9-6-11-14(23-15(9)27-8-17(18,19)20)24-16(22-11)28(25)7-12-10(2)13(26-3)4-5-21-12;;/h4-6H,7-8H2,1-3H3,(H,22,23,24);;/q;+1;-1. The first-order valence-corrected chi connectivity index (χ1v) is 9.43. The van der Waals surface area contributed by atoms with Crippen molar-refractivity contribution in [2.45, 2.75) is 30.9 Å². The van der Waals surface area contributed by atoms with Gasteiger partial charge in [-0.15, -0.1) is 0 Å². The predicted molar refractivity (Wildman–Crippen MR) is 96.9 cm³/mol. The fourth-order valence-electron chi connectivity index (χ4n) is 2.53. The van der Waals surface area contributed by atoms with Crippen LogP contribution in [0.2, 0.25) is 0 Å². The Labute approximate surface area is 190 Å². The van der Waals surface area contributed by atoms with Crippen LogP contribution in [-0.2, 0) is 16.6 Å². The van der Waals surface area contributed by atoms with Crippen LogP contribution in [0.3, 0.4) is 0 Å². The molecule has 152 valence electrons. The van der Waals surface area contributed by atoms with Crippen LogP contribution in [-0.4, -0.2) is 44.0 Å². The van der Waals surface area contributed by atoms with Gasteiger partial charge in [-0.1, -0.05) is 0 Å². The average Bonchev–Trinajstić information content (AvgIpc) is 3.03. The van der Waals surface area contributed by atoms with E-state index in [2.05, 4.69) is 19.9 Å². The SMILES string of the molecule is COc1ccnc(CS(=O)c2nc3nc(OCC(F)(F)F)c(C)cc3[nH]2)c1C.[H-].[Na+]. The van der Waals surface area contributed by atoms with E-state index < -0.39 is 23.6 Å². The fraction of sp³-hybridized carbons (Fsp3) is 0.353. The Balaban J connectivity index is 0.00000225. The number of aromatic amines is 1. The van der Waals surface area contributed by atoms with Crippen LogP contribution in [0.4, 0.5) is 13.2 Å². The van der Waals surface area contributed by atoms with Gasteiger partial charge in [-0.05, 0) is 26.0 Å². The number of ether oxygens (including phenoxy) is 2. The smallest absolute Gasteiger partial charge is 1.00 e. The molecule has 0 aliphatic carbocycles. The summed E-state index contributed by atoms with van der Waals surface area (Å²) in [7, 11) is -0.0277. The minimum atomic E-state index is -4.47. The third-order valence-corrected chi connectivity index (χ3v) is 5.09. The molecule has 7 nitrogen and oxygen atoms in total. The van der Waals surface area contributed by atoms with Gasteiger partial charge in [0.15, 0.2) is 17.4 Å². The summed E-state index contributed by atoms with van der Waals surface area (Å²) in [4.78, 5) is 15.3. The zero-order valence-corrected chi connectivity index (χ0v) is 19.1. The quantitative estimate of drug-likeness (QED) is 0.559. The molecular formula is C17H18F3N4NaO3S. The number of nitrogens with zero attached hydrogens (tertiary/aromatic N) is 3. The molecule has 3 rings (SSSR count). The maximum absolute atomic E-state index is 12.7. The maximum atomic E-state index is 12.7. The molecule has 29 heavy (non-hydrogen) atoms. The van der Waals surface area contributed by atoms with Crippen molar-refractivity contribution in [3.63, 3.8) is 0 Å². The summed E-state index contributed by atoms with van der Waals surface area (Å²) >= 11 is 0. The second kappa shape index (κ2) is 9.41. The molecule has 0 aromatic carbocycles. The van der Waals surface area contributed by atoms with Gasteiger partial charge in [0.1, 0.15) is 5.75 Å². The second-order valence-corrected chi connectivity index (χ2v) is 7.37. The molecule has 12 heteroatoms. The minimum absolute atomic E-state index is 0. The number of hydrogen-bond donors (Lipinski definition) is 1. The fourth-order valence-corrected chi connectivity index (χ4v) is 3.61. The van der Waals surface area contributed by atoms with Gasteiger partial charge < -0.3 is 15.9 Å². The number of methoxy groups -OCH3 is 1. The Bertz CT molecular complexity index is 1050. The number of H-pyrrole nitrogens is 1. The zero-order chi connectivity index (χ0) is 20.5. The van der Waals surface area contributed by atoms with Crippen molar-refractivity contribution in [2.24, 2.45) is 0 Å². The number of imidazole rings is 1. The Morgan fingerprint density at radius 1 is 1.28 bits per heavy atom. The molecule has 0 bridgehead atoms. The summed E-state index contributed by atoms with van der Waals surface area (Å²) in [6.45, 7) is 1.93. The number of aromatic nitrogens is 4. The number of pyridine rings is 2. The molecule has 1 atom stereocenters. The number of aryl methyl sites for hydroxylation is 1. The van der Waals surface area contributed by atoms with Gasteiger partial charge >= 0.3 is 35.7 Å². The van der Waals surface area contributed by atoms with E-state index in [1.165, 1.54) is 7.11 Å². The van der Waals surface area contributed by atoms with Crippen LogP contribution in [0.25, 0.3) is 11.2 Å². The van der Waals surface area contributed by atoms with Crippen molar-refractivity contribution in [3.05, 3.63) is 35.2 Å². The van der Waals surface area contributed by atoms with Crippen LogP contribution in [0.15, 0.2) is 23.5 Å². The second-order valence-electron chi connectivity index (χ2n) is 6.00. The Morgan fingerprint density at radius 3 is 2.66 bits per heavy atom. The monoisotopic (exact) mass is 438 g/mol. The van der Waals surface area contributed by atoms with Gasteiger partial charge in [-0.3, -0.25) is 9.19 Å². The first-order chi connectivity index (χ1) is 13.2. The summed E-state index contributed by atoms with van der Waals surface area (Å²) < 4.78 is 59.7. The zero-order valence-electron chi connectivity index (χ0n) is 17.3. The van der Waals surface area contributed by atoms with Crippen LogP contribution in [0.5, 0.6) is 11.6 Å². The number of alkyl halides is 3. The number of rotatable bonds is 6. The van der Waals surface area contributed by atoms with Crippen molar-refractivity contribution in [1.82, 2.24) is 19.9 Å². The molecule has 0 saturated carbocycles. The number of hydrogen-bond acceptors (Lipinski definition) is 6. The van der Waals surface area contributed by atoms with Crippen molar-refractivity contribution in [2.75, 3.05) is 13.7 Å². The van der Waals surface area contributed by atoms with Gasteiger partial charge in [0, 0.05) is 17.3 Å². The third-order valence-electron chi connectivity index (χ3n) is 3.93. The normalized spacial score (nSPS) is 12.5. The van der Waals surface area contributed by atoms with E-state index in [0.717, 1.165) is 5.56 Å². The van der Waals surface area contributed by atoms with Crippen molar-refractivity contribution in [3.8, 4) is 11.6 Å². The molecule has 3 heterocycles. The maximum Gasteiger partial charge on any atom is 1.00 e. The molecule has 0 radical (unpaired) electrons. The van der Waals surface area contributed by atoms with E-state index in [-0.39, 0.29) is 53.4 Å². The van der Waals surface area contributed by atoms with E-state index >= 15 is 0 Å². The van der Waals surface area contributed by atoms with Crippen molar-refractivity contribution >= 4 is 22.0 Å². The van der Waals surface area contributed by atoms with Gasteiger partial charge in [0.05, 0.1) is 34.9 Å². The molecule has 3 aromatic rings. The Kier molecular flexibility index (Phi) is 7.66. The van der Waals surface area contributed by atoms with Crippen molar-refractivity contribution in [1.29, 1.82) is 0 Å². The van der Waals surface area contributed by atoms with E-state index in [9.17, 15) is 17.4 Å². The van der Waals surface area contributed by atoms with Gasteiger partial charge in [0.2, 0.25) is 5.88 Å². The summed E-state index contributed by atoms with van der Waals surface area (Å²) in [5.74, 6) is 0.563. The molecule has 0 fully saturated rings. The molecule has 1 unspecified atom stereocenters. The molecule has 0 saturated heterocycles. The number of halogens is 3. The van der Waals surface area contributed by atoms with E-state index in [0.29, 0.717) is 22.5 Å². The topological polar surface area (TPSA) is 90.0 Å². The summed E-state index contributed by atoms with van der Waals surface area (Å²) in [6.07, 6.45) is -2.91. The molecule has 0 amide bonds. The van der Waals surface area contributed by atoms with E-state index in [4.69, 9.17) is 9.47 Å². The first kappa shape index (κ1) is 23.6. The largest absolute Gasteiger partial charge is 1.00 e. The van der Waals surface area contributed by atoms with E-state index in [1.54, 1.807) is 25.3 Å². The van der Waals surface area contributed by atoms with Crippen LogP contribution in [0, 0.1) is 13.8 Å². The first-order valence-electron chi connectivity index (χ1n) is 8.11. The Morgan fingerprint density at radius 2 is 2.00 bits per heavy atom. The van der Waals surface area contributed by atoms with Gasteiger partial charge in [-0.25, -0.2) is 4.98 Å². The van der Waals surface area contributed by atoms with Gasteiger partial charge in [0.25, 0.3) is 0 Å². The number of nitrogens with one attached hydrogen (secondary N) is 1. The van der Waals surface area contributed by atoms with Gasteiger partial charge in [-0.2, -0.15) is 18.2 Å². The average molecular weight is 438 g/mol.